The Bertz CT molecular complexity index is 1320. The first kappa shape index (κ1) is 27.4. The molecule has 0 spiro atoms. The fourth-order valence-electron chi connectivity index (χ4n) is 5.95. The Morgan fingerprint density at radius 2 is 1.59 bits per heavy atom. The molecule has 0 saturated carbocycles. The van der Waals surface area contributed by atoms with Crippen LogP contribution in [-0.4, -0.2) is 42.1 Å². The number of hydrogen-bond donors (Lipinski definition) is 1. The van der Waals surface area contributed by atoms with Crippen molar-refractivity contribution in [3.8, 4) is 11.5 Å². The highest BCUT2D eigenvalue weighted by Gasteiger charge is 2.43. The van der Waals surface area contributed by atoms with E-state index in [4.69, 9.17) is 9.47 Å². The van der Waals surface area contributed by atoms with Gasteiger partial charge in [-0.2, -0.15) is 0 Å². The Morgan fingerprint density at radius 1 is 0.949 bits per heavy atom. The summed E-state index contributed by atoms with van der Waals surface area (Å²) in [5, 5.41) is 2.83. The van der Waals surface area contributed by atoms with E-state index in [-0.39, 0.29) is 24.1 Å². The number of rotatable bonds is 8. The van der Waals surface area contributed by atoms with Gasteiger partial charge in [0.25, 0.3) is 5.91 Å². The lowest BCUT2D eigenvalue weighted by Crippen LogP contribution is -2.39. The molecule has 0 fully saturated rings. The van der Waals surface area contributed by atoms with E-state index in [2.05, 4.69) is 39.7 Å². The van der Waals surface area contributed by atoms with Crippen LogP contribution in [-0.2, 0) is 14.4 Å². The Labute approximate surface area is 242 Å². The van der Waals surface area contributed by atoms with Crippen molar-refractivity contribution in [3.05, 3.63) is 74.1 Å². The van der Waals surface area contributed by atoms with E-state index < -0.39 is 5.92 Å². The van der Waals surface area contributed by atoms with Gasteiger partial charge in [-0.25, -0.2) is 0 Å². The maximum atomic E-state index is 13.4. The lowest BCUT2D eigenvalue weighted by Gasteiger charge is -2.43. The summed E-state index contributed by atoms with van der Waals surface area (Å²) in [7, 11) is 0. The number of Topliss-reactive ketones (excluding diaryl/α,β-unsaturated/α-hetero) is 2. The van der Waals surface area contributed by atoms with Crippen LogP contribution in [0, 0.1) is 3.57 Å². The van der Waals surface area contributed by atoms with Gasteiger partial charge >= 0.3 is 0 Å². The SMILES string of the molecule is CCOc1cc(C2C3=C(CCCC3=O)N(CC)C3=C2C(=O)CCC3)cc(I)c1OCC(=O)Nc1ccccc1. The predicted molar refractivity (Wildman–Crippen MR) is 158 cm³/mol. The van der Waals surface area contributed by atoms with E-state index in [1.54, 1.807) is 0 Å². The second kappa shape index (κ2) is 11.9. The van der Waals surface area contributed by atoms with Gasteiger partial charge < -0.3 is 19.7 Å². The summed E-state index contributed by atoms with van der Waals surface area (Å²) in [5.41, 5.74) is 5.20. The number of hydrogen-bond acceptors (Lipinski definition) is 6. The zero-order chi connectivity index (χ0) is 27.5. The van der Waals surface area contributed by atoms with Crippen molar-refractivity contribution in [2.75, 3.05) is 25.1 Å². The molecule has 2 aromatic carbocycles. The van der Waals surface area contributed by atoms with Crippen molar-refractivity contribution in [2.24, 2.45) is 0 Å². The van der Waals surface area contributed by atoms with Gasteiger partial charge in [-0.05, 0) is 92.0 Å². The van der Waals surface area contributed by atoms with Crippen molar-refractivity contribution in [3.63, 3.8) is 0 Å². The monoisotopic (exact) mass is 640 g/mol. The molecule has 7 nitrogen and oxygen atoms in total. The highest BCUT2D eigenvalue weighted by atomic mass is 127. The molecule has 204 valence electrons. The highest BCUT2D eigenvalue weighted by molar-refractivity contribution is 14.1. The van der Waals surface area contributed by atoms with Crippen molar-refractivity contribution in [2.45, 2.75) is 58.3 Å². The predicted octanol–water partition coefficient (Wildman–Crippen LogP) is 6.14. The maximum Gasteiger partial charge on any atom is 0.262 e. The molecule has 3 aliphatic rings. The fourth-order valence-corrected chi connectivity index (χ4v) is 6.73. The summed E-state index contributed by atoms with van der Waals surface area (Å²) in [6.45, 7) is 4.94. The molecule has 8 heteroatoms. The third-order valence-corrected chi connectivity index (χ3v) is 8.27. The Morgan fingerprint density at radius 3 is 2.18 bits per heavy atom. The maximum absolute atomic E-state index is 13.4. The molecule has 0 aromatic heterocycles. The average molecular weight is 641 g/mol. The van der Waals surface area contributed by atoms with Gasteiger partial charge in [-0.15, -0.1) is 0 Å². The molecule has 39 heavy (non-hydrogen) atoms. The number of para-hydroxylation sites is 1. The summed E-state index contributed by atoms with van der Waals surface area (Å²) in [4.78, 5) is 41.6. The number of nitrogens with zero attached hydrogens (tertiary/aromatic N) is 1. The Hall–Kier alpha value is -3.14. The van der Waals surface area contributed by atoms with E-state index in [1.165, 1.54) is 0 Å². The summed E-state index contributed by atoms with van der Waals surface area (Å²) >= 11 is 2.19. The Balaban J connectivity index is 1.52. The number of ketones is 2. The molecule has 0 bridgehead atoms. The molecule has 5 rings (SSSR count). The first-order chi connectivity index (χ1) is 18.9. The minimum atomic E-state index is -0.415. The second-order valence-electron chi connectivity index (χ2n) is 9.92. The molecule has 1 heterocycles. The van der Waals surface area contributed by atoms with E-state index >= 15 is 0 Å². The van der Waals surface area contributed by atoms with Crippen LogP contribution in [0.5, 0.6) is 11.5 Å². The number of carbonyl (C=O) groups is 3. The lowest BCUT2D eigenvalue weighted by atomic mass is 9.71. The number of benzene rings is 2. The van der Waals surface area contributed by atoms with E-state index in [0.29, 0.717) is 36.6 Å². The van der Waals surface area contributed by atoms with Gasteiger partial charge in [0, 0.05) is 53.5 Å². The Kier molecular flexibility index (Phi) is 8.40. The number of nitrogens with one attached hydrogen (secondary N) is 1. The minimum Gasteiger partial charge on any atom is -0.490 e. The van der Waals surface area contributed by atoms with E-state index in [1.807, 2.05) is 49.4 Å². The molecule has 1 amide bonds. The normalized spacial score (nSPS) is 17.7. The molecule has 0 radical (unpaired) electrons. The second-order valence-corrected chi connectivity index (χ2v) is 11.1. The van der Waals surface area contributed by atoms with Crippen molar-refractivity contribution >= 4 is 45.8 Å². The molecule has 1 aliphatic heterocycles. The number of ether oxygens (including phenoxy) is 2. The summed E-state index contributed by atoms with van der Waals surface area (Å²) in [5.74, 6) is 0.526. The van der Waals surface area contributed by atoms with Gasteiger partial charge in [0.1, 0.15) is 0 Å². The quantitative estimate of drug-likeness (QED) is 0.349. The molecule has 0 saturated heterocycles. The van der Waals surface area contributed by atoms with Crippen LogP contribution in [0.4, 0.5) is 5.69 Å². The summed E-state index contributed by atoms with van der Waals surface area (Å²) < 4.78 is 12.7. The molecule has 2 aromatic rings. The number of anilines is 1. The largest absolute Gasteiger partial charge is 0.490 e. The molecule has 1 N–H and O–H groups in total. The summed E-state index contributed by atoms with van der Waals surface area (Å²) in [6.07, 6.45) is 4.33. The first-order valence-corrected chi connectivity index (χ1v) is 14.7. The lowest BCUT2D eigenvalue weighted by molar-refractivity contribution is -0.118. The first-order valence-electron chi connectivity index (χ1n) is 13.7. The van der Waals surface area contributed by atoms with Gasteiger partial charge in [0.05, 0.1) is 10.2 Å². The molecular weight excluding hydrogens is 607 g/mol. The van der Waals surface area contributed by atoms with Crippen LogP contribution in [0.1, 0.15) is 63.9 Å². The molecule has 0 atom stereocenters. The van der Waals surface area contributed by atoms with Crippen LogP contribution in [0.15, 0.2) is 65.0 Å². The standard InChI is InChI=1S/C31H33IN2O5/c1-3-34-22-12-8-14-24(35)29(22)28(30-23(34)13-9-15-25(30)36)19-16-21(32)31(26(17-19)38-4-2)39-18-27(37)33-20-10-6-5-7-11-20/h5-7,10-11,16-17,28H,3-4,8-9,12-15,18H2,1-2H3,(H,33,37). The van der Waals surface area contributed by atoms with Crippen LogP contribution < -0.4 is 14.8 Å². The van der Waals surface area contributed by atoms with Crippen molar-refractivity contribution in [1.82, 2.24) is 4.90 Å². The number of halogens is 1. The number of carbonyl (C=O) groups excluding carboxylic acids is 3. The van der Waals surface area contributed by atoms with Gasteiger partial charge in [0.15, 0.2) is 29.7 Å². The number of amides is 1. The van der Waals surface area contributed by atoms with Crippen molar-refractivity contribution < 1.29 is 23.9 Å². The topological polar surface area (TPSA) is 84.9 Å². The van der Waals surface area contributed by atoms with Crippen LogP contribution in [0.3, 0.4) is 0 Å². The van der Waals surface area contributed by atoms with Gasteiger partial charge in [0.2, 0.25) is 0 Å². The average Bonchev–Trinajstić information content (AvgIpc) is 2.92. The third kappa shape index (κ3) is 5.48. The minimum absolute atomic E-state index is 0.121. The molecular formula is C31H33IN2O5. The van der Waals surface area contributed by atoms with Crippen LogP contribution in [0.25, 0.3) is 0 Å². The zero-order valence-electron chi connectivity index (χ0n) is 22.3. The smallest absolute Gasteiger partial charge is 0.262 e. The van der Waals surface area contributed by atoms with Crippen LogP contribution >= 0.6 is 22.6 Å². The van der Waals surface area contributed by atoms with Crippen LogP contribution in [0.2, 0.25) is 0 Å². The van der Waals surface area contributed by atoms with E-state index in [0.717, 1.165) is 63.9 Å². The molecule has 0 unspecified atom stereocenters. The molecule has 2 aliphatic carbocycles. The van der Waals surface area contributed by atoms with E-state index in [9.17, 15) is 14.4 Å². The zero-order valence-corrected chi connectivity index (χ0v) is 24.5. The third-order valence-electron chi connectivity index (χ3n) is 7.47. The highest BCUT2D eigenvalue weighted by Crippen LogP contribution is 2.50. The number of allylic oxidation sites excluding steroid dienone is 4. The van der Waals surface area contributed by atoms with Gasteiger partial charge in [-0.3, -0.25) is 14.4 Å². The summed E-state index contributed by atoms with van der Waals surface area (Å²) in [6, 6.07) is 13.1. The fraction of sp³-hybridized carbons (Fsp3) is 0.387. The van der Waals surface area contributed by atoms with Gasteiger partial charge in [-0.1, -0.05) is 18.2 Å². The van der Waals surface area contributed by atoms with Crippen molar-refractivity contribution in [1.29, 1.82) is 0 Å².